The van der Waals surface area contributed by atoms with Crippen LogP contribution in [0.4, 0.5) is 0 Å². The molecule has 0 radical (unpaired) electrons. The number of hydrogen-bond acceptors (Lipinski definition) is 3. The zero-order chi connectivity index (χ0) is 10.8. The van der Waals surface area contributed by atoms with Crippen molar-refractivity contribution in [3.63, 3.8) is 0 Å². The summed E-state index contributed by atoms with van der Waals surface area (Å²) < 4.78 is 0. The van der Waals surface area contributed by atoms with Crippen LogP contribution >= 0.6 is 0 Å². The molecule has 1 aliphatic rings. The van der Waals surface area contributed by atoms with Crippen molar-refractivity contribution in [2.24, 2.45) is 5.16 Å². The van der Waals surface area contributed by atoms with Crippen molar-refractivity contribution in [1.82, 2.24) is 0 Å². The van der Waals surface area contributed by atoms with Gasteiger partial charge in [-0.1, -0.05) is 41.1 Å². The first-order valence-electron chi connectivity index (χ1n) is 4.73. The maximum absolute atomic E-state index is 11.4. The molecule has 2 rings (SSSR count). The highest BCUT2D eigenvalue weighted by Crippen LogP contribution is 2.20. The lowest BCUT2D eigenvalue weighted by atomic mass is 10.00. The molecule has 15 heavy (non-hydrogen) atoms. The largest absolute Gasteiger partial charge is 0.368 e. The minimum Gasteiger partial charge on any atom is -0.312 e. The quantitative estimate of drug-likeness (QED) is 0.516. The lowest BCUT2D eigenvalue weighted by Gasteiger charge is -2.00. The molecule has 0 aromatic heterocycles. The SMILES string of the molecule is CC(C)=C1C(=O)ON=C1c1ccccc1. The lowest BCUT2D eigenvalue weighted by molar-refractivity contribution is -0.136. The fraction of sp³-hybridized carbons (Fsp3) is 0.167. The molecule has 0 spiro atoms. The van der Waals surface area contributed by atoms with Crippen molar-refractivity contribution in [1.29, 1.82) is 0 Å². The Bertz CT molecular complexity index is 454. The maximum atomic E-state index is 11.4. The summed E-state index contributed by atoms with van der Waals surface area (Å²) in [6, 6.07) is 9.55. The van der Waals surface area contributed by atoms with Gasteiger partial charge < -0.3 is 4.84 Å². The average molecular weight is 201 g/mol. The molecule has 0 aliphatic carbocycles. The van der Waals surface area contributed by atoms with E-state index in [2.05, 4.69) is 9.99 Å². The topological polar surface area (TPSA) is 38.7 Å². The molecule has 0 fully saturated rings. The summed E-state index contributed by atoms with van der Waals surface area (Å²) in [6.07, 6.45) is 0. The second-order valence-corrected chi connectivity index (χ2v) is 3.56. The fourth-order valence-corrected chi connectivity index (χ4v) is 1.51. The van der Waals surface area contributed by atoms with Crippen LogP contribution < -0.4 is 0 Å². The molecule has 76 valence electrons. The van der Waals surface area contributed by atoms with Crippen LogP contribution in [-0.2, 0) is 9.63 Å². The van der Waals surface area contributed by atoms with E-state index in [1.54, 1.807) is 0 Å². The smallest absolute Gasteiger partial charge is 0.312 e. The summed E-state index contributed by atoms with van der Waals surface area (Å²) in [4.78, 5) is 16.1. The highest BCUT2D eigenvalue weighted by atomic mass is 16.7. The van der Waals surface area contributed by atoms with Crippen LogP contribution in [0, 0.1) is 0 Å². The van der Waals surface area contributed by atoms with Crippen molar-refractivity contribution in [2.75, 3.05) is 0 Å². The van der Waals surface area contributed by atoms with Crippen LogP contribution in [0.2, 0.25) is 0 Å². The van der Waals surface area contributed by atoms with Gasteiger partial charge in [0.05, 0.1) is 5.57 Å². The van der Waals surface area contributed by atoms with Crippen molar-refractivity contribution in [3.8, 4) is 0 Å². The number of rotatable bonds is 1. The second kappa shape index (κ2) is 3.69. The average Bonchev–Trinajstić information content (AvgIpc) is 2.61. The Morgan fingerprint density at radius 3 is 2.47 bits per heavy atom. The molecule has 3 heteroatoms. The third-order valence-corrected chi connectivity index (χ3v) is 2.21. The summed E-state index contributed by atoms with van der Waals surface area (Å²) in [7, 11) is 0. The van der Waals surface area contributed by atoms with E-state index in [9.17, 15) is 4.79 Å². The first kappa shape index (κ1) is 9.65. The van der Waals surface area contributed by atoms with Gasteiger partial charge in [0, 0.05) is 5.56 Å². The Kier molecular flexibility index (Phi) is 2.37. The van der Waals surface area contributed by atoms with Crippen LogP contribution in [0.15, 0.2) is 46.6 Å². The van der Waals surface area contributed by atoms with Crippen molar-refractivity contribution in [3.05, 3.63) is 47.0 Å². The van der Waals surface area contributed by atoms with E-state index < -0.39 is 0 Å². The molecule has 1 heterocycles. The maximum Gasteiger partial charge on any atom is 0.368 e. The van der Waals surface area contributed by atoms with Crippen molar-refractivity contribution < 1.29 is 9.63 Å². The first-order chi connectivity index (χ1) is 7.20. The summed E-state index contributed by atoms with van der Waals surface area (Å²) in [5.41, 5.74) is 3.02. The summed E-state index contributed by atoms with van der Waals surface area (Å²) in [6.45, 7) is 3.75. The highest BCUT2D eigenvalue weighted by molar-refractivity contribution is 6.29. The van der Waals surface area contributed by atoms with E-state index in [-0.39, 0.29) is 5.97 Å². The number of carbonyl (C=O) groups excluding carboxylic acids is 1. The van der Waals surface area contributed by atoms with E-state index >= 15 is 0 Å². The normalized spacial score (nSPS) is 14.9. The molecule has 0 N–H and O–H groups in total. The van der Waals surface area contributed by atoms with E-state index in [4.69, 9.17) is 0 Å². The summed E-state index contributed by atoms with van der Waals surface area (Å²) >= 11 is 0. The Balaban J connectivity index is 2.48. The highest BCUT2D eigenvalue weighted by Gasteiger charge is 2.27. The molecule has 0 atom stereocenters. The van der Waals surface area contributed by atoms with Gasteiger partial charge in [-0.15, -0.1) is 0 Å². The minimum absolute atomic E-state index is 0.367. The van der Waals surface area contributed by atoms with Gasteiger partial charge in [-0.05, 0) is 13.8 Å². The number of carbonyl (C=O) groups is 1. The van der Waals surface area contributed by atoms with E-state index in [0.717, 1.165) is 11.1 Å². The monoisotopic (exact) mass is 201 g/mol. The number of hydrogen-bond donors (Lipinski definition) is 0. The molecule has 0 amide bonds. The molecule has 0 saturated carbocycles. The molecule has 1 aromatic carbocycles. The van der Waals surface area contributed by atoms with Crippen molar-refractivity contribution in [2.45, 2.75) is 13.8 Å². The molecule has 0 bridgehead atoms. The van der Waals surface area contributed by atoms with Gasteiger partial charge >= 0.3 is 5.97 Å². The lowest BCUT2D eigenvalue weighted by Crippen LogP contribution is -2.08. The van der Waals surface area contributed by atoms with Crippen LogP contribution in [0.25, 0.3) is 0 Å². The van der Waals surface area contributed by atoms with Gasteiger partial charge in [0.15, 0.2) is 0 Å². The Morgan fingerprint density at radius 1 is 1.20 bits per heavy atom. The zero-order valence-corrected chi connectivity index (χ0v) is 8.65. The van der Waals surface area contributed by atoms with Gasteiger partial charge in [-0.2, -0.15) is 0 Å². The minimum atomic E-state index is -0.367. The number of nitrogens with zero attached hydrogens (tertiary/aromatic N) is 1. The van der Waals surface area contributed by atoms with E-state index in [0.29, 0.717) is 11.3 Å². The number of allylic oxidation sites excluding steroid dienone is 1. The molecular weight excluding hydrogens is 190 g/mol. The standard InChI is InChI=1S/C12H11NO2/c1-8(2)10-11(13-15-12(10)14)9-6-4-3-5-7-9/h3-7H,1-2H3. The van der Waals surface area contributed by atoms with Gasteiger partial charge in [-0.25, -0.2) is 4.79 Å². The summed E-state index contributed by atoms with van der Waals surface area (Å²) in [5, 5.41) is 3.80. The first-order valence-corrected chi connectivity index (χ1v) is 4.73. The summed E-state index contributed by atoms with van der Waals surface area (Å²) in [5.74, 6) is -0.367. The van der Waals surface area contributed by atoms with Crippen LogP contribution in [0.3, 0.4) is 0 Å². The third kappa shape index (κ3) is 1.68. The Morgan fingerprint density at radius 2 is 1.87 bits per heavy atom. The van der Waals surface area contributed by atoms with Crippen LogP contribution in [0.1, 0.15) is 19.4 Å². The predicted molar refractivity (Wildman–Crippen MR) is 57.4 cm³/mol. The van der Waals surface area contributed by atoms with Gasteiger partial charge in [0.1, 0.15) is 5.71 Å². The van der Waals surface area contributed by atoms with Gasteiger partial charge in [0.2, 0.25) is 0 Å². The third-order valence-electron chi connectivity index (χ3n) is 2.21. The number of oxime groups is 1. The number of benzene rings is 1. The zero-order valence-electron chi connectivity index (χ0n) is 8.65. The molecular formula is C12H11NO2. The van der Waals surface area contributed by atoms with E-state index in [1.807, 2.05) is 44.2 Å². The molecule has 0 saturated heterocycles. The molecule has 1 aliphatic heterocycles. The van der Waals surface area contributed by atoms with Crippen LogP contribution in [-0.4, -0.2) is 11.7 Å². The molecule has 1 aromatic rings. The Labute approximate surface area is 88.1 Å². The second-order valence-electron chi connectivity index (χ2n) is 3.56. The fourth-order valence-electron chi connectivity index (χ4n) is 1.51. The predicted octanol–water partition coefficient (Wildman–Crippen LogP) is 2.28. The molecule has 0 unspecified atom stereocenters. The van der Waals surface area contributed by atoms with Crippen molar-refractivity contribution >= 4 is 11.7 Å². The van der Waals surface area contributed by atoms with E-state index in [1.165, 1.54) is 0 Å². The Hall–Kier alpha value is -1.90. The molecule has 3 nitrogen and oxygen atoms in total. The van der Waals surface area contributed by atoms with Crippen LogP contribution in [0.5, 0.6) is 0 Å². The van der Waals surface area contributed by atoms with Gasteiger partial charge in [0.25, 0.3) is 0 Å². The van der Waals surface area contributed by atoms with Gasteiger partial charge in [-0.3, -0.25) is 0 Å².